The van der Waals surface area contributed by atoms with E-state index in [1.807, 2.05) is 23.8 Å². The van der Waals surface area contributed by atoms with Crippen molar-refractivity contribution in [1.29, 1.82) is 0 Å². The molecule has 3 N–H and O–H groups in total. The molecule has 1 heterocycles. The Bertz CT molecular complexity index is 734. The van der Waals surface area contributed by atoms with Crippen LogP contribution >= 0.6 is 11.3 Å². The van der Waals surface area contributed by atoms with Gasteiger partial charge in [-0.1, -0.05) is 12.1 Å². The summed E-state index contributed by atoms with van der Waals surface area (Å²) < 4.78 is 27.5. The monoisotopic (exact) mass is 310 g/mol. The van der Waals surface area contributed by atoms with Crippen molar-refractivity contribution >= 4 is 27.0 Å². The second kappa shape index (κ2) is 5.55. The number of anilines is 1. The summed E-state index contributed by atoms with van der Waals surface area (Å²) in [5.41, 5.74) is 9.75. The lowest BCUT2D eigenvalue weighted by Gasteiger charge is -2.13. The van der Waals surface area contributed by atoms with Crippen molar-refractivity contribution in [3.63, 3.8) is 0 Å². The van der Waals surface area contributed by atoms with Gasteiger partial charge in [0.1, 0.15) is 4.90 Å². The van der Waals surface area contributed by atoms with Crippen molar-refractivity contribution in [2.75, 3.05) is 5.73 Å². The number of benzene rings is 1. The normalized spacial score (nSPS) is 11.8. The fourth-order valence-electron chi connectivity index (χ4n) is 1.98. The molecule has 2 rings (SSSR count). The van der Waals surface area contributed by atoms with Crippen molar-refractivity contribution in [3.05, 3.63) is 45.1 Å². The summed E-state index contributed by atoms with van der Waals surface area (Å²) in [5.74, 6) is 0. The van der Waals surface area contributed by atoms with Crippen LogP contribution < -0.4 is 10.5 Å². The molecule has 20 heavy (non-hydrogen) atoms. The van der Waals surface area contributed by atoms with E-state index in [9.17, 15) is 8.42 Å². The Labute approximate surface area is 123 Å². The standard InChI is InChI=1S/C14H18N2O2S2/c1-9-4-5-10(2)14(13(9)15)20(17,18)16-6-12-8-19-7-11(12)3/h4-5,7-8,16H,6,15H2,1-3H3. The predicted octanol–water partition coefficient (Wildman–Crippen LogP) is 2.73. The minimum absolute atomic E-state index is 0.186. The van der Waals surface area contributed by atoms with Crippen LogP contribution in [0, 0.1) is 20.8 Å². The Morgan fingerprint density at radius 3 is 2.35 bits per heavy atom. The number of sulfonamides is 1. The Morgan fingerprint density at radius 1 is 1.10 bits per heavy atom. The van der Waals surface area contributed by atoms with Gasteiger partial charge < -0.3 is 5.73 Å². The molecule has 0 atom stereocenters. The molecule has 1 aromatic heterocycles. The topological polar surface area (TPSA) is 72.2 Å². The van der Waals surface area contributed by atoms with Gasteiger partial charge in [-0.2, -0.15) is 11.3 Å². The molecule has 0 saturated heterocycles. The van der Waals surface area contributed by atoms with E-state index in [4.69, 9.17) is 5.73 Å². The summed E-state index contributed by atoms with van der Waals surface area (Å²) in [6.07, 6.45) is 0. The molecule has 2 aromatic rings. The van der Waals surface area contributed by atoms with Gasteiger partial charge in [0.2, 0.25) is 10.0 Å². The van der Waals surface area contributed by atoms with E-state index in [0.717, 1.165) is 16.7 Å². The van der Waals surface area contributed by atoms with E-state index in [2.05, 4.69) is 4.72 Å². The third-order valence-electron chi connectivity index (χ3n) is 3.29. The molecular weight excluding hydrogens is 292 g/mol. The first-order chi connectivity index (χ1) is 9.33. The van der Waals surface area contributed by atoms with Crippen molar-refractivity contribution in [2.24, 2.45) is 0 Å². The maximum Gasteiger partial charge on any atom is 0.243 e. The van der Waals surface area contributed by atoms with E-state index >= 15 is 0 Å². The average molecular weight is 310 g/mol. The summed E-state index contributed by atoms with van der Waals surface area (Å²) in [6, 6.07) is 3.60. The fraction of sp³-hybridized carbons (Fsp3) is 0.286. The molecule has 0 bridgehead atoms. The number of rotatable bonds is 4. The van der Waals surface area contributed by atoms with E-state index < -0.39 is 10.0 Å². The van der Waals surface area contributed by atoms with Crippen LogP contribution in [0.25, 0.3) is 0 Å². The number of nitrogen functional groups attached to an aromatic ring is 1. The Balaban J connectivity index is 2.32. The lowest BCUT2D eigenvalue weighted by Crippen LogP contribution is -2.25. The zero-order valence-corrected chi connectivity index (χ0v) is 13.4. The Hall–Kier alpha value is -1.37. The Morgan fingerprint density at radius 2 is 1.75 bits per heavy atom. The van der Waals surface area contributed by atoms with Gasteiger partial charge in [-0.25, -0.2) is 13.1 Å². The molecule has 1 aromatic carbocycles. The molecule has 0 aliphatic carbocycles. The van der Waals surface area contributed by atoms with Gasteiger partial charge in [0, 0.05) is 6.54 Å². The van der Waals surface area contributed by atoms with E-state index in [-0.39, 0.29) is 11.4 Å². The average Bonchev–Trinajstić information content (AvgIpc) is 2.77. The second-order valence-corrected chi connectivity index (χ2v) is 7.29. The van der Waals surface area contributed by atoms with Crippen LogP contribution in [-0.4, -0.2) is 8.42 Å². The van der Waals surface area contributed by atoms with Gasteiger partial charge in [-0.05, 0) is 53.8 Å². The smallest absolute Gasteiger partial charge is 0.243 e. The van der Waals surface area contributed by atoms with E-state index in [1.165, 1.54) is 0 Å². The number of nitrogens with two attached hydrogens (primary N) is 1. The van der Waals surface area contributed by atoms with Crippen LogP contribution in [0.1, 0.15) is 22.3 Å². The minimum Gasteiger partial charge on any atom is -0.397 e. The molecule has 0 radical (unpaired) electrons. The maximum atomic E-state index is 12.4. The molecule has 4 nitrogen and oxygen atoms in total. The zero-order valence-electron chi connectivity index (χ0n) is 11.7. The lowest BCUT2D eigenvalue weighted by atomic mass is 10.1. The molecule has 0 saturated carbocycles. The van der Waals surface area contributed by atoms with Crippen LogP contribution in [0.2, 0.25) is 0 Å². The number of aryl methyl sites for hydroxylation is 3. The molecule has 0 aliphatic rings. The largest absolute Gasteiger partial charge is 0.397 e. The van der Waals surface area contributed by atoms with Gasteiger partial charge in [-0.3, -0.25) is 0 Å². The Kier molecular flexibility index (Phi) is 4.17. The molecule has 6 heteroatoms. The van der Waals surface area contributed by atoms with Crippen molar-refractivity contribution < 1.29 is 8.42 Å². The van der Waals surface area contributed by atoms with Gasteiger partial charge in [0.05, 0.1) is 5.69 Å². The number of hydrogen-bond donors (Lipinski definition) is 2. The quantitative estimate of drug-likeness (QED) is 0.853. The summed E-state index contributed by atoms with van der Waals surface area (Å²) in [6.45, 7) is 5.80. The summed E-state index contributed by atoms with van der Waals surface area (Å²) >= 11 is 1.56. The van der Waals surface area contributed by atoms with Gasteiger partial charge in [0.25, 0.3) is 0 Å². The molecule has 0 aliphatic heterocycles. The van der Waals surface area contributed by atoms with Gasteiger partial charge in [-0.15, -0.1) is 0 Å². The third kappa shape index (κ3) is 2.87. The van der Waals surface area contributed by atoms with Crippen molar-refractivity contribution in [3.8, 4) is 0 Å². The van der Waals surface area contributed by atoms with Gasteiger partial charge >= 0.3 is 0 Å². The van der Waals surface area contributed by atoms with Crippen LogP contribution in [0.4, 0.5) is 5.69 Å². The minimum atomic E-state index is -3.61. The molecule has 0 fully saturated rings. The third-order valence-corrected chi connectivity index (χ3v) is 5.81. The summed E-state index contributed by atoms with van der Waals surface area (Å²) in [5, 5.41) is 3.94. The predicted molar refractivity (Wildman–Crippen MR) is 83.4 cm³/mol. The highest BCUT2D eigenvalue weighted by atomic mass is 32.2. The molecule has 0 amide bonds. The van der Waals surface area contributed by atoms with Crippen LogP contribution in [0.15, 0.2) is 27.8 Å². The number of thiophene rings is 1. The molecular formula is C14H18N2O2S2. The SMILES string of the molecule is Cc1cscc1CNS(=O)(=O)c1c(C)ccc(C)c1N. The molecule has 0 spiro atoms. The first kappa shape index (κ1) is 15.0. The fourth-order valence-corrected chi connectivity index (χ4v) is 4.27. The second-order valence-electron chi connectivity index (χ2n) is 4.85. The van der Waals surface area contributed by atoms with Crippen LogP contribution in [-0.2, 0) is 16.6 Å². The summed E-state index contributed by atoms with van der Waals surface area (Å²) in [4.78, 5) is 0.186. The van der Waals surface area contributed by atoms with Crippen molar-refractivity contribution in [2.45, 2.75) is 32.2 Å². The highest BCUT2D eigenvalue weighted by Crippen LogP contribution is 2.26. The lowest BCUT2D eigenvalue weighted by molar-refractivity contribution is 0.581. The number of hydrogen-bond acceptors (Lipinski definition) is 4. The van der Waals surface area contributed by atoms with E-state index in [0.29, 0.717) is 11.3 Å². The first-order valence-corrected chi connectivity index (χ1v) is 8.62. The van der Waals surface area contributed by atoms with Gasteiger partial charge in [0.15, 0.2) is 0 Å². The zero-order chi connectivity index (χ0) is 14.9. The van der Waals surface area contributed by atoms with Crippen LogP contribution in [0.5, 0.6) is 0 Å². The molecule has 0 unspecified atom stereocenters. The first-order valence-electron chi connectivity index (χ1n) is 6.20. The molecule has 108 valence electrons. The van der Waals surface area contributed by atoms with Crippen molar-refractivity contribution in [1.82, 2.24) is 4.72 Å². The summed E-state index contributed by atoms with van der Waals surface area (Å²) in [7, 11) is -3.61. The number of nitrogens with one attached hydrogen (secondary N) is 1. The highest BCUT2D eigenvalue weighted by molar-refractivity contribution is 7.89. The van der Waals surface area contributed by atoms with Crippen LogP contribution in [0.3, 0.4) is 0 Å². The maximum absolute atomic E-state index is 12.4. The highest BCUT2D eigenvalue weighted by Gasteiger charge is 2.21. The van der Waals surface area contributed by atoms with E-state index in [1.54, 1.807) is 31.3 Å².